The molecular weight excluding hydrogens is 431 g/mol. The van der Waals surface area contributed by atoms with Gasteiger partial charge in [-0.2, -0.15) is 0 Å². The first-order valence-corrected chi connectivity index (χ1v) is 9.83. The number of H-pyrrole nitrogens is 1. The van der Waals surface area contributed by atoms with Crippen LogP contribution in [0.1, 0.15) is 5.69 Å². The van der Waals surface area contributed by atoms with Gasteiger partial charge in [0.25, 0.3) is 5.91 Å². The molecule has 0 aliphatic carbocycles. The van der Waals surface area contributed by atoms with Gasteiger partial charge in [-0.1, -0.05) is 20.5 Å². The molecule has 0 atom stereocenters. The molecule has 21 heavy (non-hydrogen) atoms. The van der Waals surface area contributed by atoms with Gasteiger partial charge < -0.3 is 24.7 Å². The second-order valence-corrected chi connectivity index (χ2v) is 7.16. The number of fused-ring (bicyclic) bond motifs is 1. The van der Waals surface area contributed by atoms with E-state index in [-0.39, 0.29) is 12.5 Å². The lowest BCUT2D eigenvalue weighted by atomic mass is 10.2. The number of aromatic amines is 1. The SMILES string of the molecule is NC(O)(O)c1cc2cc(Cl)c(OCOCCSI)cc2[nH]1. The molecule has 0 radical (unpaired) electrons. The van der Waals surface area contributed by atoms with Gasteiger partial charge in [-0.05, 0) is 33.3 Å². The molecule has 116 valence electrons. The van der Waals surface area contributed by atoms with Gasteiger partial charge in [0.15, 0.2) is 6.79 Å². The van der Waals surface area contributed by atoms with Crippen LogP contribution in [-0.4, -0.2) is 34.3 Å². The van der Waals surface area contributed by atoms with Crippen molar-refractivity contribution in [3.63, 3.8) is 0 Å². The maximum Gasteiger partial charge on any atom is 0.263 e. The van der Waals surface area contributed by atoms with Crippen LogP contribution in [-0.2, 0) is 10.6 Å². The highest BCUT2D eigenvalue weighted by molar-refractivity contribution is 14.2. The van der Waals surface area contributed by atoms with Crippen molar-refractivity contribution in [2.24, 2.45) is 5.73 Å². The molecule has 1 aromatic heterocycles. The Bertz CT molecular complexity index is 617. The van der Waals surface area contributed by atoms with Gasteiger partial charge in [0, 0.05) is 22.7 Å². The van der Waals surface area contributed by atoms with E-state index in [1.165, 1.54) is 6.07 Å². The van der Waals surface area contributed by atoms with Crippen molar-refractivity contribution in [2.75, 3.05) is 19.2 Å². The summed E-state index contributed by atoms with van der Waals surface area (Å²) in [6, 6.07) is 4.82. The van der Waals surface area contributed by atoms with E-state index in [1.807, 2.05) is 0 Å². The Morgan fingerprint density at radius 2 is 2.14 bits per heavy atom. The molecule has 0 bridgehead atoms. The van der Waals surface area contributed by atoms with Gasteiger partial charge in [0.1, 0.15) is 5.75 Å². The normalized spacial score (nSPS) is 12.0. The zero-order valence-electron chi connectivity index (χ0n) is 10.8. The number of aliphatic hydroxyl groups is 2. The van der Waals surface area contributed by atoms with Crippen LogP contribution in [0.4, 0.5) is 0 Å². The largest absolute Gasteiger partial charge is 0.466 e. The molecule has 2 rings (SSSR count). The minimum atomic E-state index is -2.42. The minimum absolute atomic E-state index is 0.0704. The van der Waals surface area contributed by atoms with Crippen molar-refractivity contribution in [3.05, 3.63) is 28.9 Å². The molecule has 0 spiro atoms. The van der Waals surface area contributed by atoms with Crippen molar-refractivity contribution in [3.8, 4) is 5.75 Å². The van der Waals surface area contributed by atoms with Gasteiger partial charge in [-0.25, -0.2) is 0 Å². The highest BCUT2D eigenvalue weighted by Gasteiger charge is 2.22. The van der Waals surface area contributed by atoms with E-state index < -0.39 is 5.91 Å². The lowest BCUT2D eigenvalue weighted by Gasteiger charge is -2.12. The first kappa shape index (κ1) is 17.1. The number of hydrogen-bond acceptors (Lipinski definition) is 6. The van der Waals surface area contributed by atoms with Crippen LogP contribution in [0.3, 0.4) is 0 Å². The topological polar surface area (TPSA) is 101 Å². The first-order chi connectivity index (χ1) is 9.91. The molecule has 6 nitrogen and oxygen atoms in total. The summed E-state index contributed by atoms with van der Waals surface area (Å²) in [5.74, 6) is -1.10. The van der Waals surface area contributed by atoms with Crippen molar-refractivity contribution < 1.29 is 19.7 Å². The average molecular weight is 445 g/mol. The third-order valence-electron chi connectivity index (χ3n) is 2.67. The summed E-state index contributed by atoms with van der Waals surface area (Å²) in [5.41, 5.74) is 5.92. The molecule has 0 aliphatic heterocycles. The molecule has 0 saturated carbocycles. The van der Waals surface area contributed by atoms with Crippen LogP contribution in [0.25, 0.3) is 10.9 Å². The van der Waals surface area contributed by atoms with E-state index >= 15 is 0 Å². The maximum atomic E-state index is 9.37. The summed E-state index contributed by atoms with van der Waals surface area (Å²) < 4.78 is 10.7. The van der Waals surface area contributed by atoms with Crippen molar-refractivity contribution >= 4 is 52.6 Å². The number of hydrogen-bond donors (Lipinski definition) is 4. The zero-order valence-corrected chi connectivity index (χ0v) is 14.5. The number of halogens is 2. The van der Waals surface area contributed by atoms with Crippen molar-refractivity contribution in [1.29, 1.82) is 0 Å². The zero-order chi connectivity index (χ0) is 15.5. The van der Waals surface area contributed by atoms with Gasteiger partial charge in [-0.3, -0.25) is 5.73 Å². The van der Waals surface area contributed by atoms with Crippen LogP contribution in [0.2, 0.25) is 5.02 Å². The second-order valence-electron chi connectivity index (χ2n) is 4.26. The van der Waals surface area contributed by atoms with E-state index in [4.69, 9.17) is 26.8 Å². The Kier molecular flexibility index (Phi) is 6.00. The molecule has 1 heterocycles. The molecule has 0 aliphatic rings. The molecule has 0 amide bonds. The average Bonchev–Trinajstić information content (AvgIpc) is 2.81. The lowest BCUT2D eigenvalue weighted by Crippen LogP contribution is -2.36. The van der Waals surface area contributed by atoms with Crippen LogP contribution < -0.4 is 10.5 Å². The van der Waals surface area contributed by atoms with Crippen LogP contribution >= 0.6 is 41.7 Å². The number of rotatable bonds is 7. The smallest absolute Gasteiger partial charge is 0.263 e. The minimum Gasteiger partial charge on any atom is -0.466 e. The van der Waals surface area contributed by atoms with Gasteiger partial charge in [-0.15, -0.1) is 0 Å². The molecule has 9 heteroatoms. The van der Waals surface area contributed by atoms with Gasteiger partial charge in [0.2, 0.25) is 0 Å². The summed E-state index contributed by atoms with van der Waals surface area (Å²) in [7, 11) is 1.66. The molecule has 0 fully saturated rings. The number of benzene rings is 1. The number of aromatic nitrogens is 1. The Balaban J connectivity index is 2.12. The van der Waals surface area contributed by atoms with E-state index in [0.29, 0.717) is 28.3 Å². The maximum absolute atomic E-state index is 9.37. The van der Waals surface area contributed by atoms with Gasteiger partial charge in [0.05, 0.1) is 17.3 Å². The standard InChI is InChI=1S/C12H14ClIN2O4S/c13-8-3-7-4-11(12(15,17)18)16-9(7)5-10(8)20-6-19-1-2-21-14/h3-5,16-18H,1-2,6,15H2. The molecule has 2 aromatic rings. The predicted molar refractivity (Wildman–Crippen MR) is 91.5 cm³/mol. The van der Waals surface area contributed by atoms with Crippen LogP contribution in [0, 0.1) is 0 Å². The fourth-order valence-corrected chi connectivity index (χ4v) is 2.64. The third kappa shape index (κ3) is 4.62. The Morgan fingerprint density at radius 1 is 1.38 bits per heavy atom. The molecular formula is C12H14ClIN2O4S. The monoisotopic (exact) mass is 444 g/mol. The summed E-state index contributed by atoms with van der Waals surface area (Å²) in [5, 5.41) is 19.8. The third-order valence-corrected chi connectivity index (χ3v) is 4.61. The van der Waals surface area contributed by atoms with Crippen molar-refractivity contribution in [2.45, 2.75) is 5.91 Å². The highest BCUT2D eigenvalue weighted by Crippen LogP contribution is 2.31. The van der Waals surface area contributed by atoms with Crippen LogP contribution in [0.5, 0.6) is 5.75 Å². The first-order valence-electron chi connectivity index (χ1n) is 5.92. The molecule has 0 saturated heterocycles. The summed E-state index contributed by atoms with van der Waals surface area (Å²) >= 11 is 8.30. The summed E-state index contributed by atoms with van der Waals surface area (Å²) in [6.07, 6.45) is 0. The summed E-state index contributed by atoms with van der Waals surface area (Å²) in [4.78, 5) is 2.81. The number of ether oxygens (including phenoxy) is 2. The predicted octanol–water partition coefficient (Wildman–Crippen LogP) is 2.31. The lowest BCUT2D eigenvalue weighted by molar-refractivity contribution is -0.166. The molecule has 1 aromatic carbocycles. The van der Waals surface area contributed by atoms with E-state index in [2.05, 4.69) is 26.2 Å². The second kappa shape index (κ2) is 7.36. The Morgan fingerprint density at radius 3 is 2.81 bits per heavy atom. The van der Waals surface area contributed by atoms with Crippen molar-refractivity contribution in [1.82, 2.24) is 4.98 Å². The van der Waals surface area contributed by atoms with Gasteiger partial charge >= 0.3 is 0 Å². The quantitative estimate of drug-likeness (QED) is 0.297. The van der Waals surface area contributed by atoms with E-state index in [1.54, 1.807) is 21.1 Å². The Labute approximate surface area is 142 Å². The summed E-state index contributed by atoms with van der Waals surface area (Å²) in [6.45, 7) is 0.682. The van der Waals surface area contributed by atoms with E-state index in [0.717, 1.165) is 5.75 Å². The molecule has 5 N–H and O–H groups in total. The highest BCUT2D eigenvalue weighted by atomic mass is 127. The Hall–Kier alpha value is -0.230. The molecule has 0 unspecified atom stereocenters. The number of nitrogens with two attached hydrogens (primary N) is 1. The van der Waals surface area contributed by atoms with Crippen LogP contribution in [0.15, 0.2) is 18.2 Å². The van der Waals surface area contributed by atoms with E-state index in [9.17, 15) is 10.2 Å². The fraction of sp³-hybridized carbons (Fsp3) is 0.333. The fourth-order valence-electron chi connectivity index (χ4n) is 1.70. The number of nitrogens with one attached hydrogen (secondary N) is 1.